The van der Waals surface area contributed by atoms with Crippen LogP contribution in [0.25, 0.3) is 0 Å². The smallest absolute Gasteiger partial charge is 0.257 e. The van der Waals surface area contributed by atoms with E-state index < -0.39 is 0 Å². The first-order valence-corrected chi connectivity index (χ1v) is 11.5. The average Bonchev–Trinajstić information content (AvgIpc) is 2.73. The van der Waals surface area contributed by atoms with Crippen molar-refractivity contribution in [1.29, 1.82) is 0 Å². The van der Waals surface area contributed by atoms with Crippen LogP contribution in [0, 0.1) is 0 Å². The van der Waals surface area contributed by atoms with E-state index in [1.165, 1.54) is 0 Å². The Morgan fingerprint density at radius 2 is 1.10 bits per heavy atom. The lowest BCUT2D eigenvalue weighted by Gasteiger charge is -2.37. The highest BCUT2D eigenvalue weighted by atomic mass is 79.9. The van der Waals surface area contributed by atoms with Gasteiger partial charge in [0, 0.05) is 46.3 Å². The van der Waals surface area contributed by atoms with Crippen molar-refractivity contribution >= 4 is 78.3 Å². The van der Waals surface area contributed by atoms with Crippen molar-refractivity contribution in [1.82, 2.24) is 20.4 Å². The lowest BCUT2D eigenvalue weighted by molar-refractivity contribution is 0.0959. The predicted molar refractivity (Wildman–Crippen MR) is 132 cm³/mol. The second-order valence-electron chi connectivity index (χ2n) is 6.51. The molecule has 6 nitrogen and oxygen atoms in total. The third kappa shape index (κ3) is 6.07. The van der Waals surface area contributed by atoms with Crippen LogP contribution in [0.3, 0.4) is 0 Å². The van der Waals surface area contributed by atoms with Gasteiger partial charge in [-0.25, -0.2) is 0 Å². The molecule has 0 spiro atoms. The van der Waals surface area contributed by atoms with Crippen molar-refractivity contribution in [3.05, 3.63) is 68.6 Å². The van der Waals surface area contributed by atoms with Gasteiger partial charge in [-0.15, -0.1) is 0 Å². The Kier molecular flexibility index (Phi) is 7.93. The summed E-state index contributed by atoms with van der Waals surface area (Å²) in [4.78, 5) is 28.6. The summed E-state index contributed by atoms with van der Waals surface area (Å²) < 4.78 is 1.65. The molecule has 30 heavy (non-hydrogen) atoms. The normalized spacial score (nSPS) is 13.5. The molecule has 0 bridgehead atoms. The topological polar surface area (TPSA) is 64.7 Å². The van der Waals surface area contributed by atoms with Crippen LogP contribution in [0.15, 0.2) is 57.5 Å². The maximum absolute atomic E-state index is 12.4. The Morgan fingerprint density at radius 1 is 0.733 bits per heavy atom. The summed E-state index contributed by atoms with van der Waals surface area (Å²) in [5.74, 6) is -0.499. The number of halogens is 2. The first kappa shape index (κ1) is 22.8. The minimum Gasteiger partial charge on any atom is -0.345 e. The zero-order valence-electron chi connectivity index (χ0n) is 15.7. The van der Waals surface area contributed by atoms with E-state index in [4.69, 9.17) is 24.4 Å². The van der Waals surface area contributed by atoms with Crippen molar-refractivity contribution in [2.75, 3.05) is 26.2 Å². The summed E-state index contributed by atoms with van der Waals surface area (Å²) in [6.45, 7) is 2.35. The monoisotopic (exact) mass is 568 g/mol. The fraction of sp³-hybridized carbons (Fsp3) is 0.200. The summed E-state index contributed by atoms with van der Waals surface area (Å²) in [6, 6.07) is 14.2. The molecule has 1 heterocycles. The number of carbonyl (C=O) groups is 2. The highest BCUT2D eigenvalue weighted by Gasteiger charge is 2.23. The molecule has 10 heteroatoms. The van der Waals surface area contributed by atoms with Gasteiger partial charge < -0.3 is 9.80 Å². The number of nitrogens with zero attached hydrogens (tertiary/aromatic N) is 2. The summed E-state index contributed by atoms with van der Waals surface area (Å²) in [5, 5.41) is 6.29. The molecule has 3 rings (SSSR count). The van der Waals surface area contributed by atoms with Crippen LogP contribution >= 0.6 is 56.3 Å². The molecule has 1 aliphatic rings. The molecule has 0 atom stereocenters. The van der Waals surface area contributed by atoms with Gasteiger partial charge >= 0.3 is 0 Å². The Balaban J connectivity index is 1.49. The summed E-state index contributed by atoms with van der Waals surface area (Å²) >= 11 is 17.5. The molecular formula is C20H18Br2N4O2S2. The van der Waals surface area contributed by atoms with E-state index >= 15 is 0 Å². The molecular weight excluding hydrogens is 552 g/mol. The number of hydrogen-bond acceptors (Lipinski definition) is 4. The Bertz CT molecular complexity index is 915. The zero-order chi connectivity index (χ0) is 21.7. The van der Waals surface area contributed by atoms with E-state index in [2.05, 4.69) is 42.5 Å². The fourth-order valence-electron chi connectivity index (χ4n) is 2.87. The minimum atomic E-state index is -0.250. The van der Waals surface area contributed by atoms with Gasteiger partial charge in [0.15, 0.2) is 10.2 Å². The number of rotatable bonds is 2. The van der Waals surface area contributed by atoms with Crippen molar-refractivity contribution in [3.63, 3.8) is 0 Å². The SMILES string of the molecule is O=C(NC(=S)N1CCN(C(=S)NC(=O)c2cccc(Br)c2)CC1)c1cccc(Br)c1. The van der Waals surface area contributed by atoms with Crippen LogP contribution in [-0.2, 0) is 0 Å². The lowest BCUT2D eigenvalue weighted by Crippen LogP contribution is -2.56. The first-order chi connectivity index (χ1) is 14.3. The van der Waals surface area contributed by atoms with Crippen LogP contribution in [0.2, 0.25) is 0 Å². The van der Waals surface area contributed by atoms with Gasteiger partial charge in [-0.3, -0.25) is 20.2 Å². The predicted octanol–water partition coefficient (Wildman–Crippen LogP) is 3.56. The van der Waals surface area contributed by atoms with Gasteiger partial charge in [-0.1, -0.05) is 44.0 Å². The molecule has 0 aliphatic carbocycles. The van der Waals surface area contributed by atoms with Gasteiger partial charge in [0.1, 0.15) is 0 Å². The van der Waals surface area contributed by atoms with E-state index in [1.807, 2.05) is 21.9 Å². The number of thiocarbonyl (C=S) groups is 2. The molecule has 2 amide bonds. The van der Waals surface area contributed by atoms with Gasteiger partial charge in [-0.05, 0) is 60.8 Å². The Morgan fingerprint density at radius 3 is 1.43 bits per heavy atom. The van der Waals surface area contributed by atoms with Crippen LogP contribution in [0.4, 0.5) is 0 Å². The van der Waals surface area contributed by atoms with Crippen LogP contribution in [-0.4, -0.2) is 58.0 Å². The third-order valence-corrected chi connectivity index (χ3v) is 6.18. The van der Waals surface area contributed by atoms with E-state index in [0.717, 1.165) is 8.95 Å². The largest absolute Gasteiger partial charge is 0.345 e. The summed E-state index contributed by atoms with van der Waals surface area (Å²) in [5.41, 5.74) is 1.06. The molecule has 0 radical (unpaired) electrons. The highest BCUT2D eigenvalue weighted by Crippen LogP contribution is 2.13. The second-order valence-corrected chi connectivity index (χ2v) is 9.12. The number of carbonyl (C=O) groups excluding carboxylic acids is 2. The number of piperazine rings is 1. The number of benzene rings is 2. The van der Waals surface area contributed by atoms with Gasteiger partial charge in [0.2, 0.25) is 0 Å². The fourth-order valence-corrected chi connectivity index (χ4v) is 4.22. The quantitative estimate of drug-likeness (QED) is 0.539. The van der Waals surface area contributed by atoms with E-state index in [9.17, 15) is 9.59 Å². The van der Waals surface area contributed by atoms with Gasteiger partial charge in [-0.2, -0.15) is 0 Å². The molecule has 0 saturated carbocycles. The standard InChI is InChI=1S/C20H18Br2N4O2S2/c21-15-5-1-3-13(11-15)17(27)23-19(29)25-7-9-26(10-8-25)20(30)24-18(28)14-4-2-6-16(22)12-14/h1-6,11-12H,7-10H2,(H,23,27,29)(H,24,28,30). The summed E-state index contributed by atoms with van der Waals surface area (Å²) in [7, 11) is 0. The van der Waals surface area contributed by atoms with Crippen molar-refractivity contribution < 1.29 is 9.59 Å². The maximum Gasteiger partial charge on any atom is 0.257 e. The van der Waals surface area contributed by atoms with Crippen LogP contribution < -0.4 is 10.6 Å². The maximum atomic E-state index is 12.4. The minimum absolute atomic E-state index is 0.250. The van der Waals surface area contributed by atoms with Crippen LogP contribution in [0.1, 0.15) is 20.7 Å². The third-order valence-electron chi connectivity index (χ3n) is 4.47. The summed E-state index contributed by atoms with van der Waals surface area (Å²) in [6.07, 6.45) is 0. The molecule has 2 aromatic carbocycles. The second kappa shape index (κ2) is 10.4. The molecule has 1 saturated heterocycles. The van der Waals surface area contributed by atoms with E-state index in [0.29, 0.717) is 47.5 Å². The van der Waals surface area contributed by atoms with Crippen molar-refractivity contribution in [3.8, 4) is 0 Å². The Labute approximate surface area is 202 Å². The van der Waals surface area contributed by atoms with E-state index in [-0.39, 0.29) is 11.8 Å². The van der Waals surface area contributed by atoms with Crippen molar-refractivity contribution in [2.24, 2.45) is 0 Å². The zero-order valence-corrected chi connectivity index (χ0v) is 20.5. The molecule has 2 aromatic rings. The molecule has 0 aromatic heterocycles. The number of hydrogen-bond donors (Lipinski definition) is 2. The van der Waals surface area contributed by atoms with Crippen molar-refractivity contribution in [2.45, 2.75) is 0 Å². The van der Waals surface area contributed by atoms with Crippen LogP contribution in [0.5, 0.6) is 0 Å². The lowest BCUT2D eigenvalue weighted by atomic mass is 10.2. The molecule has 2 N–H and O–H groups in total. The van der Waals surface area contributed by atoms with E-state index in [1.54, 1.807) is 36.4 Å². The van der Waals surface area contributed by atoms with Gasteiger partial charge in [0.25, 0.3) is 11.8 Å². The van der Waals surface area contributed by atoms with Gasteiger partial charge in [0.05, 0.1) is 0 Å². The molecule has 156 valence electrons. The highest BCUT2D eigenvalue weighted by molar-refractivity contribution is 9.10. The molecule has 0 unspecified atom stereocenters. The average molecular weight is 570 g/mol. The molecule has 1 fully saturated rings. The number of amides is 2. The first-order valence-electron chi connectivity index (χ1n) is 9.05. The molecule has 1 aliphatic heterocycles. The number of nitrogens with one attached hydrogen (secondary N) is 2. The Hall–Kier alpha value is -1.88.